The van der Waals surface area contributed by atoms with Crippen LogP contribution in [0.25, 0.3) is 5.52 Å². The van der Waals surface area contributed by atoms with Gasteiger partial charge in [-0.25, -0.2) is 13.9 Å². The summed E-state index contributed by atoms with van der Waals surface area (Å²) >= 11 is 0. The molecule has 0 N–H and O–H groups in total. The molecule has 0 saturated carbocycles. The minimum absolute atomic E-state index is 0.291. The van der Waals surface area contributed by atoms with Crippen LogP contribution in [0.3, 0.4) is 0 Å². The van der Waals surface area contributed by atoms with Crippen molar-refractivity contribution in [1.82, 2.24) is 14.6 Å². The van der Waals surface area contributed by atoms with Gasteiger partial charge in [0.05, 0.1) is 6.20 Å². The van der Waals surface area contributed by atoms with Crippen molar-refractivity contribution in [3.8, 4) is 0 Å². The second-order valence-corrected chi connectivity index (χ2v) is 1.90. The van der Waals surface area contributed by atoms with Gasteiger partial charge in [0.2, 0.25) is 0 Å². The summed E-state index contributed by atoms with van der Waals surface area (Å²) in [6.07, 6.45) is 4.35. The van der Waals surface area contributed by atoms with Crippen LogP contribution in [-0.2, 0) is 0 Å². The van der Waals surface area contributed by atoms with Gasteiger partial charge in [-0.2, -0.15) is 5.10 Å². The van der Waals surface area contributed by atoms with E-state index in [2.05, 4.69) is 10.1 Å². The monoisotopic (exact) mass is 137 g/mol. The Labute approximate surface area is 56.1 Å². The molecule has 0 aromatic carbocycles. The Morgan fingerprint density at radius 1 is 1.50 bits per heavy atom. The van der Waals surface area contributed by atoms with E-state index in [0.717, 1.165) is 0 Å². The van der Waals surface area contributed by atoms with Gasteiger partial charge in [0.25, 0.3) is 0 Å². The zero-order valence-corrected chi connectivity index (χ0v) is 5.03. The molecule has 2 aromatic rings. The first-order valence-electron chi connectivity index (χ1n) is 2.81. The van der Waals surface area contributed by atoms with Crippen molar-refractivity contribution in [2.45, 2.75) is 0 Å². The highest BCUT2D eigenvalue weighted by atomic mass is 19.1. The Hall–Kier alpha value is -1.45. The molecule has 0 aliphatic carbocycles. The highest BCUT2D eigenvalue weighted by Crippen LogP contribution is 2.05. The second kappa shape index (κ2) is 1.76. The fourth-order valence-corrected chi connectivity index (χ4v) is 0.822. The van der Waals surface area contributed by atoms with Gasteiger partial charge in [0.15, 0.2) is 5.82 Å². The molecular formula is C6H4FN3. The lowest BCUT2D eigenvalue weighted by atomic mass is 10.5. The first kappa shape index (κ1) is 5.34. The van der Waals surface area contributed by atoms with Crippen molar-refractivity contribution in [3.63, 3.8) is 0 Å². The molecule has 0 aliphatic rings. The maximum atomic E-state index is 12.6. The van der Waals surface area contributed by atoms with Gasteiger partial charge in [0.1, 0.15) is 11.8 Å². The fraction of sp³-hybridized carbons (Fsp3) is 0. The van der Waals surface area contributed by atoms with E-state index in [0.29, 0.717) is 5.52 Å². The predicted octanol–water partition coefficient (Wildman–Crippen LogP) is 0.868. The SMILES string of the molecule is Fc1ccn2ncncc12. The molecule has 0 spiro atoms. The second-order valence-electron chi connectivity index (χ2n) is 1.90. The molecule has 10 heavy (non-hydrogen) atoms. The number of nitrogens with zero attached hydrogens (tertiary/aromatic N) is 3. The average molecular weight is 137 g/mol. The minimum Gasteiger partial charge on any atom is -0.241 e. The van der Waals surface area contributed by atoms with Gasteiger partial charge in [-0.3, -0.25) is 0 Å². The Kier molecular flexibility index (Phi) is 0.943. The highest BCUT2D eigenvalue weighted by molar-refractivity contribution is 5.44. The van der Waals surface area contributed by atoms with E-state index in [1.807, 2.05) is 0 Å². The summed E-state index contributed by atoms with van der Waals surface area (Å²) in [5.74, 6) is -0.291. The molecular weight excluding hydrogens is 133 g/mol. The summed E-state index contributed by atoms with van der Waals surface area (Å²) in [5.41, 5.74) is 0.405. The van der Waals surface area contributed by atoms with Crippen LogP contribution in [0.1, 0.15) is 0 Å². The Bertz CT molecular complexity index is 355. The van der Waals surface area contributed by atoms with E-state index >= 15 is 0 Å². The molecule has 3 nitrogen and oxygen atoms in total. The van der Waals surface area contributed by atoms with Gasteiger partial charge in [-0.05, 0) is 6.07 Å². The van der Waals surface area contributed by atoms with Gasteiger partial charge in [-0.1, -0.05) is 0 Å². The van der Waals surface area contributed by atoms with Crippen molar-refractivity contribution in [2.75, 3.05) is 0 Å². The number of halogens is 1. The number of fused-ring (bicyclic) bond motifs is 1. The quantitative estimate of drug-likeness (QED) is 0.539. The fourth-order valence-electron chi connectivity index (χ4n) is 0.822. The van der Waals surface area contributed by atoms with Crippen molar-refractivity contribution >= 4 is 5.52 Å². The molecule has 50 valence electrons. The van der Waals surface area contributed by atoms with Gasteiger partial charge in [-0.15, -0.1) is 0 Å². The molecule has 0 bridgehead atoms. The molecule has 2 heterocycles. The molecule has 4 heteroatoms. The van der Waals surface area contributed by atoms with E-state index in [1.165, 1.54) is 23.1 Å². The molecule has 0 radical (unpaired) electrons. The summed E-state index contributed by atoms with van der Waals surface area (Å²) in [4.78, 5) is 3.67. The number of aromatic nitrogens is 3. The Morgan fingerprint density at radius 2 is 2.40 bits per heavy atom. The predicted molar refractivity (Wildman–Crippen MR) is 32.9 cm³/mol. The lowest BCUT2D eigenvalue weighted by molar-refractivity contribution is 0.638. The smallest absolute Gasteiger partial charge is 0.151 e. The van der Waals surface area contributed by atoms with Crippen LogP contribution in [0.5, 0.6) is 0 Å². The summed E-state index contributed by atoms with van der Waals surface area (Å²) < 4.78 is 14.1. The van der Waals surface area contributed by atoms with E-state index in [-0.39, 0.29) is 5.82 Å². The van der Waals surface area contributed by atoms with Crippen LogP contribution >= 0.6 is 0 Å². The normalized spacial score (nSPS) is 10.5. The van der Waals surface area contributed by atoms with E-state index in [9.17, 15) is 4.39 Å². The van der Waals surface area contributed by atoms with E-state index in [1.54, 1.807) is 6.20 Å². The van der Waals surface area contributed by atoms with Gasteiger partial charge < -0.3 is 0 Å². The molecule has 0 aliphatic heterocycles. The van der Waals surface area contributed by atoms with Crippen LogP contribution in [0, 0.1) is 5.82 Å². The summed E-state index contributed by atoms with van der Waals surface area (Å²) in [6.45, 7) is 0. The zero-order valence-electron chi connectivity index (χ0n) is 5.03. The van der Waals surface area contributed by atoms with Crippen LogP contribution in [0.15, 0.2) is 24.8 Å². The van der Waals surface area contributed by atoms with Crippen molar-refractivity contribution in [2.24, 2.45) is 0 Å². The van der Waals surface area contributed by atoms with E-state index in [4.69, 9.17) is 0 Å². The lowest BCUT2D eigenvalue weighted by Gasteiger charge is -1.87. The third-order valence-corrected chi connectivity index (χ3v) is 1.29. The standard InChI is InChI=1S/C6H4FN3/c7-5-1-2-10-6(5)3-8-4-9-10/h1-4H. The first-order valence-corrected chi connectivity index (χ1v) is 2.81. The van der Waals surface area contributed by atoms with E-state index < -0.39 is 0 Å². The Morgan fingerprint density at radius 3 is 3.20 bits per heavy atom. The molecule has 2 rings (SSSR count). The molecule has 0 saturated heterocycles. The summed E-state index contributed by atoms with van der Waals surface area (Å²) in [6, 6.07) is 1.35. The maximum absolute atomic E-state index is 12.6. The Balaban J connectivity index is 2.93. The van der Waals surface area contributed by atoms with Crippen LogP contribution in [0.2, 0.25) is 0 Å². The maximum Gasteiger partial charge on any atom is 0.151 e. The van der Waals surface area contributed by atoms with Gasteiger partial charge >= 0.3 is 0 Å². The summed E-state index contributed by atoms with van der Waals surface area (Å²) in [5, 5.41) is 3.77. The molecule has 0 unspecified atom stereocenters. The van der Waals surface area contributed by atoms with Crippen molar-refractivity contribution < 1.29 is 4.39 Å². The number of hydrogen-bond donors (Lipinski definition) is 0. The minimum atomic E-state index is -0.291. The van der Waals surface area contributed by atoms with Crippen LogP contribution in [-0.4, -0.2) is 14.6 Å². The largest absolute Gasteiger partial charge is 0.241 e. The average Bonchev–Trinajstić information content (AvgIpc) is 2.34. The molecule has 0 amide bonds. The molecule has 0 fully saturated rings. The number of rotatable bonds is 0. The van der Waals surface area contributed by atoms with Crippen molar-refractivity contribution in [1.29, 1.82) is 0 Å². The highest BCUT2D eigenvalue weighted by Gasteiger charge is 1.98. The number of hydrogen-bond acceptors (Lipinski definition) is 2. The topological polar surface area (TPSA) is 30.2 Å². The van der Waals surface area contributed by atoms with Gasteiger partial charge in [0, 0.05) is 6.20 Å². The zero-order chi connectivity index (χ0) is 6.97. The summed E-state index contributed by atoms with van der Waals surface area (Å²) in [7, 11) is 0. The van der Waals surface area contributed by atoms with Crippen LogP contribution < -0.4 is 0 Å². The third kappa shape index (κ3) is 0.586. The van der Waals surface area contributed by atoms with Crippen molar-refractivity contribution in [3.05, 3.63) is 30.6 Å². The molecule has 2 aromatic heterocycles. The third-order valence-electron chi connectivity index (χ3n) is 1.29. The first-order chi connectivity index (χ1) is 4.88. The lowest BCUT2D eigenvalue weighted by Crippen LogP contribution is -1.89. The molecule has 0 atom stereocenters. The van der Waals surface area contributed by atoms with Crippen LogP contribution in [0.4, 0.5) is 4.39 Å².